The fourth-order valence-corrected chi connectivity index (χ4v) is 5.00. The number of carbonyl (C=O) groups excluding carboxylic acids is 2. The van der Waals surface area contributed by atoms with Gasteiger partial charge in [0, 0.05) is 23.9 Å². The van der Waals surface area contributed by atoms with E-state index < -0.39 is 24.0 Å². The molecular weight excluding hydrogens is 543 g/mol. The molecule has 4 N–H and O–H groups in total. The number of anilines is 1. The third-order valence-corrected chi connectivity index (χ3v) is 7.05. The van der Waals surface area contributed by atoms with Crippen molar-refractivity contribution >= 4 is 23.8 Å². The van der Waals surface area contributed by atoms with Crippen LogP contribution >= 0.6 is 0 Å². The van der Waals surface area contributed by atoms with E-state index in [0.717, 1.165) is 28.6 Å². The van der Waals surface area contributed by atoms with E-state index in [1.165, 1.54) is 17.0 Å². The van der Waals surface area contributed by atoms with Gasteiger partial charge in [-0.1, -0.05) is 24.3 Å². The molecular formula is C30H29FN6O5. The number of rotatable bonds is 7. The fraction of sp³-hybridized carbons (Fsp3) is 0.233. The molecule has 42 heavy (non-hydrogen) atoms. The molecule has 0 unspecified atom stereocenters. The number of nitrogens with one attached hydrogen (secondary N) is 1. The van der Waals surface area contributed by atoms with Gasteiger partial charge in [0.1, 0.15) is 17.3 Å². The average Bonchev–Trinajstić information content (AvgIpc) is 3.34. The highest BCUT2D eigenvalue weighted by molar-refractivity contribution is 6.04. The molecule has 11 nitrogen and oxygen atoms in total. The minimum absolute atomic E-state index is 0.0122. The van der Waals surface area contributed by atoms with Gasteiger partial charge in [0.05, 0.1) is 12.6 Å². The second kappa shape index (κ2) is 12.1. The van der Waals surface area contributed by atoms with Crippen molar-refractivity contribution in [1.29, 1.82) is 0 Å². The number of esters is 1. The number of pyridine rings is 1. The number of nitrogens with zero attached hydrogens (tertiary/aromatic N) is 4. The number of aromatic nitrogens is 3. The summed E-state index contributed by atoms with van der Waals surface area (Å²) in [5.74, 6) is 5.44. The Kier molecular flexibility index (Phi) is 8.14. The number of nitrogen functional groups attached to an aromatic ring is 1. The van der Waals surface area contributed by atoms with Gasteiger partial charge < -0.3 is 21.0 Å². The van der Waals surface area contributed by atoms with Gasteiger partial charge in [-0.2, -0.15) is 0 Å². The number of ether oxygens (including phenoxy) is 1. The highest BCUT2D eigenvalue weighted by Gasteiger charge is 2.34. The van der Waals surface area contributed by atoms with E-state index >= 15 is 0 Å². The smallest absolute Gasteiger partial charge is 0.407 e. The number of nitrogens with two attached hydrogens (primary N) is 1. The van der Waals surface area contributed by atoms with Gasteiger partial charge in [-0.25, -0.2) is 28.6 Å². The minimum atomic E-state index is -1.09. The van der Waals surface area contributed by atoms with Crippen LogP contribution in [-0.4, -0.2) is 55.8 Å². The quantitative estimate of drug-likeness (QED) is 0.204. The Morgan fingerprint density at radius 1 is 1.05 bits per heavy atom. The van der Waals surface area contributed by atoms with Gasteiger partial charge in [-0.3, -0.25) is 9.69 Å². The molecule has 1 fully saturated rings. The van der Waals surface area contributed by atoms with E-state index in [4.69, 9.17) is 10.6 Å². The van der Waals surface area contributed by atoms with E-state index in [-0.39, 0.29) is 29.6 Å². The predicted octanol–water partition coefficient (Wildman–Crippen LogP) is 5.10. The predicted molar refractivity (Wildman–Crippen MR) is 153 cm³/mol. The van der Waals surface area contributed by atoms with Crippen molar-refractivity contribution in [2.24, 2.45) is 0 Å². The van der Waals surface area contributed by atoms with Crippen molar-refractivity contribution in [3.8, 4) is 22.4 Å². The van der Waals surface area contributed by atoms with Crippen LogP contribution in [0.1, 0.15) is 58.9 Å². The molecule has 0 aliphatic carbocycles. The zero-order valence-electron chi connectivity index (χ0n) is 22.8. The summed E-state index contributed by atoms with van der Waals surface area (Å²) in [6.45, 7) is 2.11. The molecule has 216 valence electrons. The Balaban J connectivity index is 1.41. The van der Waals surface area contributed by atoms with Crippen LogP contribution < -0.4 is 11.2 Å². The van der Waals surface area contributed by atoms with Gasteiger partial charge in [-0.15, -0.1) is 0 Å². The molecule has 1 aliphatic rings. The molecule has 1 atom stereocenters. The van der Waals surface area contributed by atoms with Gasteiger partial charge >= 0.3 is 12.1 Å². The summed E-state index contributed by atoms with van der Waals surface area (Å²) in [6.07, 6.45) is 2.48. The number of piperidine rings is 1. The maximum Gasteiger partial charge on any atom is 0.407 e. The topological polar surface area (TPSA) is 153 Å². The lowest BCUT2D eigenvalue weighted by Gasteiger charge is -2.32. The summed E-state index contributed by atoms with van der Waals surface area (Å²) >= 11 is 0. The van der Waals surface area contributed by atoms with E-state index in [2.05, 4.69) is 15.3 Å². The molecule has 4 aromatic rings. The number of amides is 2. The lowest BCUT2D eigenvalue weighted by Crippen LogP contribution is -2.39. The molecule has 1 aliphatic heterocycles. The lowest BCUT2D eigenvalue weighted by molar-refractivity contribution is 0.0516. The number of likely N-dealkylation sites (tertiary alicyclic amines) is 1. The third-order valence-electron chi connectivity index (χ3n) is 7.05. The highest BCUT2D eigenvalue weighted by Crippen LogP contribution is 2.34. The molecule has 0 spiro atoms. The van der Waals surface area contributed by atoms with Crippen LogP contribution in [0.2, 0.25) is 0 Å². The van der Waals surface area contributed by atoms with Crippen molar-refractivity contribution in [2.75, 3.05) is 24.3 Å². The van der Waals surface area contributed by atoms with Crippen molar-refractivity contribution in [3.63, 3.8) is 0 Å². The maximum absolute atomic E-state index is 13.3. The van der Waals surface area contributed by atoms with Crippen molar-refractivity contribution in [1.82, 2.24) is 19.5 Å². The second-order valence-corrected chi connectivity index (χ2v) is 9.71. The van der Waals surface area contributed by atoms with E-state index in [9.17, 15) is 23.9 Å². The molecule has 3 heterocycles. The number of carboxylic acid groups (broad SMARTS) is 1. The Hall–Kier alpha value is -5.26. The number of imidazole rings is 1. The molecule has 5 rings (SSSR count). The number of halogens is 1. The number of carbonyl (C=O) groups is 3. The molecule has 0 saturated carbocycles. The first-order valence-corrected chi connectivity index (χ1v) is 13.4. The summed E-state index contributed by atoms with van der Waals surface area (Å²) in [7, 11) is 0. The van der Waals surface area contributed by atoms with Crippen molar-refractivity contribution in [3.05, 3.63) is 89.8 Å². The molecule has 12 heteroatoms. The minimum Gasteiger partial charge on any atom is -0.465 e. The standard InChI is InChI=1S/C30H29FN6O5/c1-2-42-29(39)26-25(35-27(37(26)32)23-5-3-4-16-36(23)30(40)41)19-6-8-20(9-7-19)28(38)34-24-17-21(14-15-33-24)18-10-12-22(31)13-11-18/h6-15,17,23H,2-5,16,32H2,1H3,(H,40,41)(H,33,34,38)/t23-/m0/s1. The lowest BCUT2D eigenvalue weighted by atomic mass is 10.0. The maximum atomic E-state index is 13.3. The van der Waals surface area contributed by atoms with Gasteiger partial charge in [-0.05, 0) is 73.7 Å². The highest BCUT2D eigenvalue weighted by atomic mass is 19.1. The Morgan fingerprint density at radius 2 is 1.76 bits per heavy atom. The second-order valence-electron chi connectivity index (χ2n) is 9.71. The summed E-state index contributed by atoms with van der Waals surface area (Å²) in [4.78, 5) is 47.9. The summed E-state index contributed by atoms with van der Waals surface area (Å²) < 4.78 is 19.6. The zero-order valence-corrected chi connectivity index (χ0v) is 22.8. The van der Waals surface area contributed by atoms with Gasteiger partial charge in [0.2, 0.25) is 0 Å². The first-order valence-electron chi connectivity index (χ1n) is 13.4. The molecule has 2 aromatic heterocycles. The number of hydrogen-bond donors (Lipinski definition) is 3. The SMILES string of the molecule is CCOC(=O)c1c(-c2ccc(C(=O)Nc3cc(-c4ccc(F)cc4)ccn3)cc2)nc([C@@H]2CCCCN2C(=O)O)n1N. The van der Waals surface area contributed by atoms with Crippen LogP contribution in [0.3, 0.4) is 0 Å². The first kappa shape index (κ1) is 28.3. The molecule has 2 aromatic carbocycles. The van der Waals surface area contributed by atoms with Crippen LogP contribution in [0.25, 0.3) is 22.4 Å². The van der Waals surface area contributed by atoms with Gasteiger partial charge in [0.25, 0.3) is 5.91 Å². The fourth-order valence-electron chi connectivity index (χ4n) is 5.00. The largest absolute Gasteiger partial charge is 0.465 e. The van der Waals surface area contributed by atoms with Crippen LogP contribution in [0, 0.1) is 5.82 Å². The molecule has 2 amide bonds. The van der Waals surface area contributed by atoms with Crippen LogP contribution in [-0.2, 0) is 4.74 Å². The number of hydrogen-bond acceptors (Lipinski definition) is 7. The molecule has 0 radical (unpaired) electrons. The normalized spacial score (nSPS) is 14.8. The summed E-state index contributed by atoms with van der Waals surface area (Å²) in [5, 5.41) is 12.5. The molecule has 1 saturated heterocycles. The average molecular weight is 573 g/mol. The first-order chi connectivity index (χ1) is 20.3. The van der Waals surface area contributed by atoms with Crippen LogP contribution in [0.4, 0.5) is 15.0 Å². The van der Waals surface area contributed by atoms with Crippen molar-refractivity contribution in [2.45, 2.75) is 32.2 Å². The molecule has 0 bridgehead atoms. The van der Waals surface area contributed by atoms with E-state index in [1.54, 1.807) is 61.7 Å². The third kappa shape index (κ3) is 5.78. The zero-order chi connectivity index (χ0) is 29.8. The Bertz CT molecular complexity index is 1620. The Morgan fingerprint density at radius 3 is 2.45 bits per heavy atom. The summed E-state index contributed by atoms with van der Waals surface area (Å²) in [6, 6.07) is 15.2. The number of benzene rings is 2. The van der Waals surface area contributed by atoms with Crippen LogP contribution in [0.5, 0.6) is 0 Å². The summed E-state index contributed by atoms with van der Waals surface area (Å²) in [5.41, 5.74) is 2.56. The monoisotopic (exact) mass is 572 g/mol. The Labute approximate surface area is 240 Å². The van der Waals surface area contributed by atoms with Crippen LogP contribution in [0.15, 0.2) is 66.9 Å². The van der Waals surface area contributed by atoms with E-state index in [0.29, 0.717) is 29.9 Å². The van der Waals surface area contributed by atoms with Gasteiger partial charge in [0.15, 0.2) is 11.5 Å². The van der Waals surface area contributed by atoms with E-state index in [1.807, 2.05) is 0 Å². The van der Waals surface area contributed by atoms with Crippen molar-refractivity contribution < 1.29 is 28.6 Å².